The molecule has 7 nitrogen and oxygen atoms in total. The van der Waals surface area contributed by atoms with Crippen LogP contribution in [0.1, 0.15) is 27.2 Å². The van der Waals surface area contributed by atoms with Crippen LogP contribution in [0.3, 0.4) is 0 Å². The third kappa shape index (κ3) is 3.47. The molecule has 0 saturated carbocycles. The maximum atomic E-state index is 12.5. The highest BCUT2D eigenvalue weighted by atomic mass is 32.2. The summed E-state index contributed by atoms with van der Waals surface area (Å²) >= 11 is 1.07. The van der Waals surface area contributed by atoms with Crippen LogP contribution < -0.4 is 4.72 Å². The number of sulfonamides is 1. The van der Waals surface area contributed by atoms with E-state index < -0.39 is 33.4 Å². The smallest absolute Gasteiger partial charge is 0.311 e. The van der Waals surface area contributed by atoms with Crippen molar-refractivity contribution >= 4 is 33.2 Å². The molecule has 9 heteroatoms. The topological polar surface area (TPSA) is 104 Å². The van der Waals surface area contributed by atoms with E-state index in [9.17, 15) is 23.1 Å². The van der Waals surface area contributed by atoms with Crippen molar-refractivity contribution in [3.63, 3.8) is 0 Å². The van der Waals surface area contributed by atoms with E-state index in [4.69, 9.17) is 0 Å². The van der Waals surface area contributed by atoms with Gasteiger partial charge in [-0.3, -0.25) is 9.59 Å². The zero-order chi connectivity index (χ0) is 18.1. The van der Waals surface area contributed by atoms with Gasteiger partial charge < -0.3 is 10.0 Å². The monoisotopic (exact) mass is 374 g/mol. The van der Waals surface area contributed by atoms with Gasteiger partial charge in [0.15, 0.2) is 0 Å². The SMILES string of the molecule is CC(NS(=O)(=O)c1cccs1)C(=O)N1CCC(C(=O)O)(C(C)C)C1. The fourth-order valence-electron chi connectivity index (χ4n) is 2.95. The van der Waals surface area contributed by atoms with Crippen LogP contribution in [0.15, 0.2) is 21.7 Å². The Morgan fingerprint density at radius 3 is 2.50 bits per heavy atom. The standard InChI is InChI=1S/C15H22N2O5S2/c1-10(2)15(14(19)20)6-7-17(9-15)13(18)11(3)16-24(21,22)12-5-4-8-23-12/h4-5,8,10-11,16H,6-7,9H2,1-3H3,(H,19,20). The lowest BCUT2D eigenvalue weighted by atomic mass is 9.76. The molecule has 1 aliphatic heterocycles. The molecule has 1 fully saturated rings. The number of carboxylic acids is 1. The summed E-state index contributed by atoms with van der Waals surface area (Å²) in [5, 5.41) is 11.2. The molecule has 2 rings (SSSR count). The van der Waals surface area contributed by atoms with Gasteiger partial charge in [0.05, 0.1) is 11.5 Å². The molecular formula is C15H22N2O5S2. The first-order valence-electron chi connectivity index (χ1n) is 7.68. The number of carbonyl (C=O) groups is 2. The van der Waals surface area contributed by atoms with Gasteiger partial charge in [-0.2, -0.15) is 4.72 Å². The van der Waals surface area contributed by atoms with Crippen LogP contribution in [-0.2, 0) is 19.6 Å². The first kappa shape index (κ1) is 18.9. The summed E-state index contributed by atoms with van der Waals surface area (Å²) in [5.74, 6) is -1.44. The lowest BCUT2D eigenvalue weighted by Gasteiger charge is -2.29. The molecule has 0 spiro atoms. The first-order chi connectivity index (χ1) is 11.1. The molecule has 2 N–H and O–H groups in total. The zero-order valence-electron chi connectivity index (χ0n) is 13.9. The second-order valence-corrected chi connectivity index (χ2v) is 9.29. The maximum absolute atomic E-state index is 12.5. The van der Waals surface area contributed by atoms with Crippen molar-refractivity contribution in [1.82, 2.24) is 9.62 Å². The van der Waals surface area contributed by atoms with Crippen molar-refractivity contribution in [3.8, 4) is 0 Å². The minimum absolute atomic E-state index is 0.101. The number of rotatable bonds is 6. The molecule has 0 bridgehead atoms. The van der Waals surface area contributed by atoms with E-state index in [1.165, 1.54) is 17.9 Å². The normalized spacial score (nSPS) is 22.8. The van der Waals surface area contributed by atoms with E-state index in [-0.39, 0.29) is 16.7 Å². The summed E-state index contributed by atoms with van der Waals surface area (Å²) in [7, 11) is -3.75. The molecule has 24 heavy (non-hydrogen) atoms. The number of nitrogens with one attached hydrogen (secondary N) is 1. The van der Waals surface area contributed by atoms with Crippen LogP contribution in [0.4, 0.5) is 0 Å². The summed E-state index contributed by atoms with van der Waals surface area (Å²) in [6, 6.07) is 2.14. The van der Waals surface area contributed by atoms with Crippen molar-refractivity contribution in [1.29, 1.82) is 0 Å². The van der Waals surface area contributed by atoms with Crippen LogP contribution in [-0.4, -0.2) is 49.4 Å². The maximum Gasteiger partial charge on any atom is 0.311 e. The van der Waals surface area contributed by atoms with Gasteiger partial charge in [0.2, 0.25) is 5.91 Å². The van der Waals surface area contributed by atoms with E-state index in [1.54, 1.807) is 11.4 Å². The number of nitrogens with zero attached hydrogens (tertiary/aromatic N) is 1. The molecule has 0 aromatic carbocycles. The molecule has 1 amide bonds. The largest absolute Gasteiger partial charge is 0.481 e. The molecule has 0 aliphatic carbocycles. The van der Waals surface area contributed by atoms with Gasteiger partial charge in [-0.15, -0.1) is 11.3 Å². The Morgan fingerprint density at radius 1 is 1.38 bits per heavy atom. The molecule has 1 aromatic heterocycles. The summed E-state index contributed by atoms with van der Waals surface area (Å²) in [6.07, 6.45) is 0.371. The number of hydrogen-bond donors (Lipinski definition) is 2. The van der Waals surface area contributed by atoms with Gasteiger partial charge in [0.1, 0.15) is 4.21 Å². The molecule has 2 atom stereocenters. The summed E-state index contributed by atoms with van der Waals surface area (Å²) in [4.78, 5) is 25.6. The van der Waals surface area contributed by atoms with Gasteiger partial charge >= 0.3 is 5.97 Å². The number of aliphatic carboxylic acids is 1. The van der Waals surface area contributed by atoms with Crippen LogP contribution in [0.2, 0.25) is 0 Å². The van der Waals surface area contributed by atoms with Crippen molar-refractivity contribution in [3.05, 3.63) is 17.5 Å². The summed E-state index contributed by atoms with van der Waals surface area (Å²) < 4.78 is 26.9. The molecule has 1 aromatic rings. The number of carboxylic acid groups (broad SMARTS) is 1. The minimum Gasteiger partial charge on any atom is -0.481 e. The van der Waals surface area contributed by atoms with E-state index in [0.717, 1.165) is 11.3 Å². The molecular weight excluding hydrogens is 352 g/mol. The highest BCUT2D eigenvalue weighted by molar-refractivity contribution is 7.91. The number of carbonyl (C=O) groups excluding carboxylic acids is 1. The van der Waals surface area contributed by atoms with E-state index in [1.807, 2.05) is 13.8 Å². The fraction of sp³-hybridized carbons (Fsp3) is 0.600. The van der Waals surface area contributed by atoms with Crippen molar-refractivity contribution < 1.29 is 23.1 Å². The third-order valence-corrected chi connectivity index (χ3v) is 7.54. The number of likely N-dealkylation sites (tertiary alicyclic amines) is 1. The van der Waals surface area contributed by atoms with Gasteiger partial charge in [-0.05, 0) is 30.7 Å². The molecule has 2 heterocycles. The van der Waals surface area contributed by atoms with Gasteiger partial charge in [-0.1, -0.05) is 19.9 Å². The highest BCUT2D eigenvalue weighted by Crippen LogP contribution is 2.38. The average molecular weight is 374 g/mol. The van der Waals surface area contributed by atoms with E-state index >= 15 is 0 Å². The zero-order valence-corrected chi connectivity index (χ0v) is 15.5. The molecule has 1 aliphatic rings. The lowest BCUT2D eigenvalue weighted by Crippen LogP contribution is -2.47. The van der Waals surface area contributed by atoms with Crippen molar-refractivity contribution in [2.24, 2.45) is 11.3 Å². The van der Waals surface area contributed by atoms with Crippen LogP contribution in [0.5, 0.6) is 0 Å². The summed E-state index contributed by atoms with van der Waals surface area (Å²) in [6.45, 7) is 5.54. The van der Waals surface area contributed by atoms with Crippen LogP contribution in [0, 0.1) is 11.3 Å². The van der Waals surface area contributed by atoms with Gasteiger partial charge in [0, 0.05) is 13.1 Å². The Morgan fingerprint density at radius 2 is 2.04 bits per heavy atom. The Kier molecular flexibility index (Phi) is 5.36. The van der Waals surface area contributed by atoms with E-state index in [2.05, 4.69) is 4.72 Å². The molecule has 0 radical (unpaired) electrons. The molecule has 1 saturated heterocycles. The number of amides is 1. The summed E-state index contributed by atoms with van der Waals surface area (Å²) in [5.41, 5.74) is -0.970. The van der Waals surface area contributed by atoms with Gasteiger partial charge in [0.25, 0.3) is 10.0 Å². The Balaban J connectivity index is 2.09. The Bertz CT molecular complexity index is 714. The van der Waals surface area contributed by atoms with Crippen LogP contribution in [0.25, 0.3) is 0 Å². The third-order valence-electron chi connectivity index (χ3n) is 4.61. The highest BCUT2D eigenvalue weighted by Gasteiger charge is 2.49. The predicted molar refractivity (Wildman–Crippen MR) is 90.2 cm³/mol. The lowest BCUT2D eigenvalue weighted by molar-refractivity contribution is -0.151. The molecule has 2 unspecified atom stereocenters. The quantitative estimate of drug-likeness (QED) is 0.783. The van der Waals surface area contributed by atoms with Crippen LogP contribution >= 0.6 is 11.3 Å². The number of thiophene rings is 1. The fourth-order valence-corrected chi connectivity index (χ4v) is 5.15. The predicted octanol–water partition coefficient (Wildman–Crippen LogP) is 1.37. The first-order valence-corrected chi connectivity index (χ1v) is 10.0. The second kappa shape index (κ2) is 6.81. The van der Waals surface area contributed by atoms with Crippen molar-refractivity contribution in [2.75, 3.05) is 13.1 Å². The minimum atomic E-state index is -3.75. The molecule has 134 valence electrons. The number of hydrogen-bond acceptors (Lipinski definition) is 5. The van der Waals surface area contributed by atoms with Gasteiger partial charge in [-0.25, -0.2) is 8.42 Å². The van der Waals surface area contributed by atoms with E-state index in [0.29, 0.717) is 13.0 Å². The second-order valence-electron chi connectivity index (χ2n) is 6.40. The average Bonchev–Trinajstić information content (AvgIpc) is 3.16. The van der Waals surface area contributed by atoms with Crippen molar-refractivity contribution in [2.45, 2.75) is 37.4 Å². The Labute approximate surface area is 145 Å². The Hall–Kier alpha value is -1.45.